The summed E-state index contributed by atoms with van der Waals surface area (Å²) in [4.78, 5) is 27.3. The minimum atomic E-state index is -0.902. The fourth-order valence-electron chi connectivity index (χ4n) is 3.40. The number of carboxylic acids is 1. The van der Waals surface area contributed by atoms with Crippen LogP contribution in [0.3, 0.4) is 0 Å². The molecule has 0 aromatic carbocycles. The number of likely N-dealkylation sites (N-methyl/N-ethyl adjacent to an activating group) is 1. The Morgan fingerprint density at radius 3 is 2.70 bits per heavy atom. The highest BCUT2D eigenvalue weighted by Crippen LogP contribution is 2.24. The Balaban J connectivity index is 1.87. The zero-order valence-corrected chi connectivity index (χ0v) is 12.3. The maximum Gasteiger partial charge on any atom is 0.326 e. The summed E-state index contributed by atoms with van der Waals surface area (Å²) in [5, 5.41) is 12.2. The molecule has 0 spiro atoms. The molecule has 2 saturated heterocycles. The van der Waals surface area contributed by atoms with E-state index in [4.69, 9.17) is 0 Å². The lowest BCUT2D eigenvalue weighted by molar-refractivity contribution is -0.142. The molecule has 0 aliphatic carbocycles. The quantitative estimate of drug-likeness (QED) is 0.806. The maximum atomic E-state index is 12.2. The first-order valence-corrected chi connectivity index (χ1v) is 7.56. The number of hydrogen-bond donors (Lipinski definition) is 2. The molecule has 6 heteroatoms. The van der Waals surface area contributed by atoms with E-state index in [2.05, 4.69) is 17.1 Å². The van der Waals surface area contributed by atoms with Crippen LogP contribution >= 0.6 is 0 Å². The van der Waals surface area contributed by atoms with E-state index in [0.29, 0.717) is 19.1 Å². The van der Waals surface area contributed by atoms with Crippen LogP contribution in [0.15, 0.2) is 0 Å². The van der Waals surface area contributed by atoms with Gasteiger partial charge in [-0.05, 0) is 38.3 Å². The third kappa shape index (κ3) is 3.06. The van der Waals surface area contributed by atoms with Crippen LogP contribution in [0.5, 0.6) is 0 Å². The third-order valence-electron chi connectivity index (χ3n) is 4.61. The number of carbonyl (C=O) groups excluding carboxylic acids is 1. The summed E-state index contributed by atoms with van der Waals surface area (Å²) in [5.74, 6) is -0.877. The van der Waals surface area contributed by atoms with Gasteiger partial charge in [-0.1, -0.05) is 13.8 Å². The molecule has 3 unspecified atom stereocenters. The molecule has 0 aromatic rings. The van der Waals surface area contributed by atoms with Crippen molar-refractivity contribution >= 4 is 12.0 Å². The predicted molar refractivity (Wildman–Crippen MR) is 75.6 cm³/mol. The van der Waals surface area contributed by atoms with Crippen LogP contribution in [0.1, 0.15) is 33.1 Å². The second-order valence-electron chi connectivity index (χ2n) is 5.85. The molecule has 2 fully saturated rings. The first-order valence-electron chi connectivity index (χ1n) is 7.56. The number of carboxylic acid groups (broad SMARTS) is 1. The van der Waals surface area contributed by atoms with E-state index >= 15 is 0 Å². The van der Waals surface area contributed by atoms with Crippen LogP contribution in [0.2, 0.25) is 0 Å². The average Bonchev–Trinajstić information content (AvgIpc) is 3.01. The Morgan fingerprint density at radius 1 is 1.30 bits per heavy atom. The number of nitrogens with zero attached hydrogens (tertiary/aromatic N) is 2. The molecule has 0 aromatic heterocycles. The first kappa shape index (κ1) is 15.1. The number of carbonyl (C=O) groups is 2. The number of rotatable bonds is 4. The van der Waals surface area contributed by atoms with Crippen LogP contribution < -0.4 is 5.32 Å². The molecular formula is C14H25N3O3. The third-order valence-corrected chi connectivity index (χ3v) is 4.61. The lowest BCUT2D eigenvalue weighted by Crippen LogP contribution is -2.50. The van der Waals surface area contributed by atoms with Crippen LogP contribution in [0.25, 0.3) is 0 Å². The van der Waals surface area contributed by atoms with E-state index in [1.807, 2.05) is 6.92 Å². The van der Waals surface area contributed by atoms with Gasteiger partial charge in [0.25, 0.3) is 0 Å². The molecule has 2 rings (SSSR count). The normalized spacial score (nSPS) is 30.7. The van der Waals surface area contributed by atoms with Crippen molar-refractivity contribution in [1.82, 2.24) is 15.1 Å². The Bertz CT molecular complexity index is 375. The van der Waals surface area contributed by atoms with Crippen molar-refractivity contribution in [2.45, 2.75) is 45.2 Å². The van der Waals surface area contributed by atoms with Gasteiger partial charge in [0, 0.05) is 19.1 Å². The summed E-state index contributed by atoms with van der Waals surface area (Å²) >= 11 is 0. The highest BCUT2D eigenvalue weighted by Gasteiger charge is 2.39. The van der Waals surface area contributed by atoms with Gasteiger partial charge in [-0.15, -0.1) is 0 Å². The minimum Gasteiger partial charge on any atom is -0.480 e. The van der Waals surface area contributed by atoms with Crippen molar-refractivity contribution in [2.24, 2.45) is 5.92 Å². The minimum absolute atomic E-state index is 0.0249. The fourth-order valence-corrected chi connectivity index (χ4v) is 3.40. The molecule has 0 radical (unpaired) electrons. The van der Waals surface area contributed by atoms with Gasteiger partial charge in [0.1, 0.15) is 6.04 Å². The fraction of sp³-hybridized carbons (Fsp3) is 0.857. The van der Waals surface area contributed by atoms with Crippen molar-refractivity contribution in [3.05, 3.63) is 0 Å². The van der Waals surface area contributed by atoms with E-state index < -0.39 is 12.0 Å². The Hall–Kier alpha value is -1.30. The summed E-state index contributed by atoms with van der Waals surface area (Å²) in [6.45, 7) is 7.26. The number of nitrogens with one attached hydrogen (secondary N) is 1. The topological polar surface area (TPSA) is 72.9 Å². The van der Waals surface area contributed by atoms with E-state index in [9.17, 15) is 14.7 Å². The lowest BCUT2D eigenvalue weighted by Gasteiger charge is -2.27. The Kier molecular flexibility index (Phi) is 4.86. The molecule has 2 aliphatic heterocycles. The Labute approximate surface area is 120 Å². The summed E-state index contributed by atoms with van der Waals surface area (Å²) in [5.41, 5.74) is 0. The van der Waals surface area contributed by atoms with Crippen LogP contribution in [-0.2, 0) is 4.79 Å². The van der Waals surface area contributed by atoms with Crippen molar-refractivity contribution in [2.75, 3.05) is 26.2 Å². The molecule has 2 aliphatic rings. The summed E-state index contributed by atoms with van der Waals surface area (Å²) in [6, 6.07) is -0.516. The molecular weight excluding hydrogens is 258 g/mol. The first-order chi connectivity index (χ1) is 9.54. The largest absolute Gasteiger partial charge is 0.480 e. The monoisotopic (exact) mass is 283 g/mol. The van der Waals surface area contributed by atoms with Crippen molar-refractivity contribution < 1.29 is 14.7 Å². The van der Waals surface area contributed by atoms with E-state index in [0.717, 1.165) is 25.9 Å². The van der Waals surface area contributed by atoms with E-state index in [1.165, 1.54) is 11.3 Å². The van der Waals surface area contributed by atoms with Crippen LogP contribution in [-0.4, -0.2) is 65.2 Å². The number of aliphatic carboxylic acids is 1. The summed E-state index contributed by atoms with van der Waals surface area (Å²) in [6.07, 6.45) is 3.04. The number of hydrogen-bond acceptors (Lipinski definition) is 3. The second kappa shape index (κ2) is 6.43. The van der Waals surface area contributed by atoms with Gasteiger partial charge in [0.05, 0.1) is 0 Å². The molecule has 2 N–H and O–H groups in total. The van der Waals surface area contributed by atoms with E-state index in [1.54, 1.807) is 0 Å². The molecule has 2 heterocycles. The summed E-state index contributed by atoms with van der Waals surface area (Å²) in [7, 11) is 0. The van der Waals surface area contributed by atoms with Crippen molar-refractivity contribution in [3.8, 4) is 0 Å². The predicted octanol–water partition coefficient (Wildman–Crippen LogP) is 0.975. The smallest absolute Gasteiger partial charge is 0.326 e. The van der Waals surface area contributed by atoms with Gasteiger partial charge >= 0.3 is 12.0 Å². The Morgan fingerprint density at radius 2 is 2.05 bits per heavy atom. The highest BCUT2D eigenvalue weighted by molar-refractivity contribution is 5.83. The lowest BCUT2D eigenvalue weighted by atomic mass is 10.0. The van der Waals surface area contributed by atoms with Crippen LogP contribution in [0, 0.1) is 5.92 Å². The van der Waals surface area contributed by atoms with Gasteiger partial charge in [0.2, 0.25) is 0 Å². The molecule has 20 heavy (non-hydrogen) atoms. The molecule has 2 amide bonds. The number of likely N-dealkylation sites (tertiary alicyclic amines) is 2. The van der Waals surface area contributed by atoms with Gasteiger partial charge < -0.3 is 15.3 Å². The maximum absolute atomic E-state index is 12.2. The zero-order valence-electron chi connectivity index (χ0n) is 12.3. The average molecular weight is 283 g/mol. The van der Waals surface area contributed by atoms with Gasteiger partial charge in [-0.3, -0.25) is 4.90 Å². The standard InChI is InChI=1S/C14H25N3O3/c1-3-16-7-4-5-11(16)9-15-14(20)17-8-6-10(2)12(17)13(18)19/h10-12H,3-9H2,1-2H3,(H,15,20)(H,18,19). The molecule has 6 nitrogen and oxygen atoms in total. The molecule has 114 valence electrons. The van der Waals surface area contributed by atoms with Gasteiger partial charge in [0.15, 0.2) is 0 Å². The van der Waals surface area contributed by atoms with Crippen LogP contribution in [0.4, 0.5) is 4.79 Å². The SMILES string of the molecule is CCN1CCCC1CNC(=O)N1CCC(C)C1C(=O)O. The highest BCUT2D eigenvalue weighted by atomic mass is 16.4. The number of amides is 2. The van der Waals surface area contributed by atoms with Crippen molar-refractivity contribution in [1.29, 1.82) is 0 Å². The van der Waals surface area contributed by atoms with Gasteiger partial charge in [-0.2, -0.15) is 0 Å². The van der Waals surface area contributed by atoms with E-state index in [-0.39, 0.29) is 11.9 Å². The number of urea groups is 1. The van der Waals surface area contributed by atoms with Crippen molar-refractivity contribution in [3.63, 3.8) is 0 Å². The summed E-state index contributed by atoms with van der Waals surface area (Å²) < 4.78 is 0. The zero-order chi connectivity index (χ0) is 14.7. The van der Waals surface area contributed by atoms with Gasteiger partial charge in [-0.25, -0.2) is 9.59 Å². The molecule has 0 saturated carbocycles. The molecule has 3 atom stereocenters. The molecule has 0 bridgehead atoms. The second-order valence-corrected chi connectivity index (χ2v) is 5.85.